The van der Waals surface area contributed by atoms with Crippen LogP contribution in [0, 0.1) is 5.92 Å². The molecule has 2 saturated heterocycles. The molecule has 0 aromatic rings. The van der Waals surface area contributed by atoms with Gasteiger partial charge in [-0.25, -0.2) is 0 Å². The minimum Gasteiger partial charge on any atom is -0.355 e. The molecule has 3 atom stereocenters. The van der Waals surface area contributed by atoms with E-state index in [1.807, 2.05) is 7.05 Å². The highest BCUT2D eigenvalue weighted by Gasteiger charge is 2.31. The molecular formula is C19H41IN6. The van der Waals surface area contributed by atoms with E-state index in [4.69, 9.17) is 0 Å². The fourth-order valence-corrected chi connectivity index (χ4v) is 3.88. The van der Waals surface area contributed by atoms with Gasteiger partial charge >= 0.3 is 0 Å². The molecule has 2 fully saturated rings. The van der Waals surface area contributed by atoms with E-state index in [0.29, 0.717) is 24.0 Å². The number of hydrogen-bond donors (Lipinski definition) is 2. The molecule has 6 nitrogen and oxygen atoms in total. The summed E-state index contributed by atoms with van der Waals surface area (Å²) in [6.45, 7) is 20.6. The number of piperazine rings is 1. The molecule has 0 spiro atoms. The Hall–Kier alpha value is -0.120. The van der Waals surface area contributed by atoms with E-state index in [-0.39, 0.29) is 24.0 Å². The lowest BCUT2D eigenvalue weighted by atomic mass is 10.1. The number of rotatable bonds is 6. The van der Waals surface area contributed by atoms with Crippen LogP contribution in [0.15, 0.2) is 4.99 Å². The molecule has 7 heteroatoms. The predicted molar refractivity (Wildman–Crippen MR) is 123 cm³/mol. The normalized spacial score (nSPS) is 27.4. The van der Waals surface area contributed by atoms with Crippen molar-refractivity contribution in [3.05, 3.63) is 0 Å². The molecule has 3 unspecified atom stereocenters. The molecule has 154 valence electrons. The average Bonchev–Trinajstić information content (AvgIpc) is 2.99. The molecule has 26 heavy (non-hydrogen) atoms. The first-order chi connectivity index (χ1) is 11.9. The van der Waals surface area contributed by atoms with Gasteiger partial charge < -0.3 is 15.5 Å². The minimum atomic E-state index is 0. The molecule has 2 heterocycles. The van der Waals surface area contributed by atoms with Crippen molar-refractivity contribution in [2.24, 2.45) is 10.9 Å². The number of nitrogens with one attached hydrogen (secondary N) is 2. The van der Waals surface area contributed by atoms with Gasteiger partial charge in [-0.2, -0.15) is 0 Å². The fraction of sp³-hybridized carbons (Fsp3) is 0.947. The summed E-state index contributed by atoms with van der Waals surface area (Å²) >= 11 is 0. The summed E-state index contributed by atoms with van der Waals surface area (Å²) in [7, 11) is 1.87. The van der Waals surface area contributed by atoms with Crippen LogP contribution in [0.25, 0.3) is 0 Å². The molecule has 0 aromatic heterocycles. The van der Waals surface area contributed by atoms with Crippen LogP contribution in [0.3, 0.4) is 0 Å². The summed E-state index contributed by atoms with van der Waals surface area (Å²) in [5.74, 6) is 1.60. The Morgan fingerprint density at radius 3 is 2.23 bits per heavy atom. The Labute approximate surface area is 178 Å². The molecule has 2 N–H and O–H groups in total. The van der Waals surface area contributed by atoms with Crippen LogP contribution in [-0.2, 0) is 0 Å². The van der Waals surface area contributed by atoms with Crippen molar-refractivity contribution >= 4 is 29.9 Å². The third-order valence-electron chi connectivity index (χ3n) is 5.96. The maximum absolute atomic E-state index is 4.45. The zero-order chi connectivity index (χ0) is 18.4. The minimum absolute atomic E-state index is 0. The van der Waals surface area contributed by atoms with Gasteiger partial charge in [-0.15, -0.1) is 24.0 Å². The lowest BCUT2D eigenvalue weighted by Gasteiger charge is -2.37. The summed E-state index contributed by atoms with van der Waals surface area (Å²) in [5, 5.41) is 7.19. The van der Waals surface area contributed by atoms with E-state index in [1.165, 1.54) is 39.3 Å². The number of guanidine groups is 1. The fourth-order valence-electron chi connectivity index (χ4n) is 3.88. The average molecular weight is 480 g/mol. The molecule has 2 rings (SSSR count). The van der Waals surface area contributed by atoms with E-state index in [9.17, 15) is 0 Å². The van der Waals surface area contributed by atoms with Crippen LogP contribution in [0.1, 0.15) is 34.6 Å². The van der Waals surface area contributed by atoms with Crippen molar-refractivity contribution in [3.63, 3.8) is 0 Å². The van der Waals surface area contributed by atoms with Crippen LogP contribution >= 0.6 is 24.0 Å². The van der Waals surface area contributed by atoms with E-state index in [1.54, 1.807) is 0 Å². The summed E-state index contributed by atoms with van der Waals surface area (Å²) < 4.78 is 0. The van der Waals surface area contributed by atoms with Crippen LogP contribution in [0.5, 0.6) is 0 Å². The number of nitrogens with zero attached hydrogens (tertiary/aromatic N) is 4. The monoisotopic (exact) mass is 480 g/mol. The maximum Gasteiger partial charge on any atom is 0.191 e. The maximum atomic E-state index is 4.45. The summed E-state index contributed by atoms with van der Waals surface area (Å²) in [6, 6.07) is 1.63. The van der Waals surface area contributed by atoms with E-state index in [0.717, 1.165) is 19.0 Å². The first-order valence-corrected chi connectivity index (χ1v) is 10.1. The van der Waals surface area contributed by atoms with Crippen molar-refractivity contribution in [2.45, 2.75) is 52.7 Å². The van der Waals surface area contributed by atoms with Crippen molar-refractivity contribution in [3.8, 4) is 0 Å². The van der Waals surface area contributed by atoms with Crippen LogP contribution < -0.4 is 10.6 Å². The first kappa shape index (κ1) is 23.9. The van der Waals surface area contributed by atoms with Gasteiger partial charge in [0, 0.05) is 71.0 Å². The SMILES string of the molecule is CCN1CCN(C(C)CNC(=NC)NC2CN(C(C)C)CC2C)CC1.I. The highest BCUT2D eigenvalue weighted by molar-refractivity contribution is 14.0. The molecule has 0 bridgehead atoms. The highest BCUT2D eigenvalue weighted by atomic mass is 127. The topological polar surface area (TPSA) is 46.1 Å². The standard InChI is InChI=1S/C19H40N6.HI/c1-7-23-8-10-24(11-9-23)17(5)12-21-19(20-6)22-18-14-25(15(2)3)13-16(18)4;/h15-18H,7-14H2,1-6H3,(H2,20,21,22);1H. The number of aliphatic imine (C=N–C) groups is 1. The lowest BCUT2D eigenvalue weighted by molar-refractivity contribution is 0.107. The second-order valence-electron chi connectivity index (χ2n) is 8.05. The number of likely N-dealkylation sites (N-methyl/N-ethyl adjacent to an activating group) is 1. The van der Waals surface area contributed by atoms with Gasteiger partial charge in [-0.05, 0) is 33.2 Å². The Balaban J connectivity index is 0.00000338. The number of likely N-dealkylation sites (tertiary alicyclic amines) is 1. The van der Waals surface area contributed by atoms with E-state index < -0.39 is 0 Å². The predicted octanol–water partition coefficient (Wildman–Crippen LogP) is 1.52. The molecule has 0 radical (unpaired) electrons. The van der Waals surface area contributed by atoms with Crippen molar-refractivity contribution in [1.29, 1.82) is 0 Å². The Bertz CT molecular complexity index is 422. The zero-order valence-corrected chi connectivity index (χ0v) is 20.0. The quantitative estimate of drug-likeness (QED) is 0.343. The third-order valence-corrected chi connectivity index (χ3v) is 5.96. The van der Waals surface area contributed by atoms with Crippen LogP contribution in [0.2, 0.25) is 0 Å². The van der Waals surface area contributed by atoms with Gasteiger partial charge in [0.25, 0.3) is 0 Å². The first-order valence-electron chi connectivity index (χ1n) is 10.1. The Morgan fingerprint density at radius 1 is 1.08 bits per heavy atom. The highest BCUT2D eigenvalue weighted by Crippen LogP contribution is 2.18. The summed E-state index contributed by atoms with van der Waals surface area (Å²) in [5.41, 5.74) is 0. The Morgan fingerprint density at radius 2 is 1.73 bits per heavy atom. The zero-order valence-electron chi connectivity index (χ0n) is 17.7. The largest absolute Gasteiger partial charge is 0.355 e. The number of halogens is 1. The molecule has 2 aliphatic rings. The van der Waals surface area contributed by atoms with E-state index >= 15 is 0 Å². The third kappa shape index (κ3) is 6.80. The van der Waals surface area contributed by atoms with Gasteiger partial charge in [-0.3, -0.25) is 14.8 Å². The van der Waals surface area contributed by atoms with Gasteiger partial charge in [0.05, 0.1) is 0 Å². The molecule has 0 aromatic carbocycles. The summed E-state index contributed by atoms with van der Waals surface area (Å²) in [6.07, 6.45) is 0. The molecular weight excluding hydrogens is 439 g/mol. The van der Waals surface area contributed by atoms with Crippen LogP contribution in [0.4, 0.5) is 0 Å². The lowest BCUT2D eigenvalue weighted by Crippen LogP contribution is -2.54. The molecule has 0 saturated carbocycles. The Kier molecular flexibility index (Phi) is 10.7. The molecule has 0 aliphatic carbocycles. The van der Waals surface area contributed by atoms with Crippen LogP contribution in [-0.4, -0.2) is 98.2 Å². The molecule has 0 amide bonds. The van der Waals surface area contributed by atoms with Gasteiger partial charge in [0.1, 0.15) is 0 Å². The molecule has 2 aliphatic heterocycles. The number of hydrogen-bond acceptors (Lipinski definition) is 4. The van der Waals surface area contributed by atoms with Crippen molar-refractivity contribution in [2.75, 3.05) is 59.4 Å². The van der Waals surface area contributed by atoms with Gasteiger partial charge in [0.2, 0.25) is 0 Å². The van der Waals surface area contributed by atoms with Gasteiger partial charge in [0.15, 0.2) is 5.96 Å². The van der Waals surface area contributed by atoms with Gasteiger partial charge in [-0.1, -0.05) is 13.8 Å². The van der Waals surface area contributed by atoms with Crippen molar-refractivity contribution < 1.29 is 0 Å². The summed E-state index contributed by atoms with van der Waals surface area (Å²) in [4.78, 5) is 12.1. The van der Waals surface area contributed by atoms with Crippen molar-refractivity contribution in [1.82, 2.24) is 25.3 Å². The van der Waals surface area contributed by atoms with E-state index in [2.05, 4.69) is 64.9 Å². The second kappa shape index (κ2) is 11.7. The second-order valence-corrected chi connectivity index (χ2v) is 8.05. The smallest absolute Gasteiger partial charge is 0.191 e.